The molecule has 1 aromatic carbocycles. The Labute approximate surface area is 232 Å². The van der Waals surface area contributed by atoms with Gasteiger partial charge in [0.25, 0.3) is 5.91 Å². The van der Waals surface area contributed by atoms with Gasteiger partial charge in [0, 0.05) is 41.8 Å². The molecular weight excluding hydrogens is 529 g/mol. The van der Waals surface area contributed by atoms with Crippen molar-refractivity contribution in [3.8, 4) is 0 Å². The van der Waals surface area contributed by atoms with Crippen LogP contribution in [0.4, 0.5) is 4.79 Å². The molecule has 1 aromatic heterocycles. The number of amides is 3. The van der Waals surface area contributed by atoms with E-state index in [0.717, 1.165) is 36.9 Å². The van der Waals surface area contributed by atoms with Crippen molar-refractivity contribution < 1.29 is 19.1 Å². The number of halogens is 2. The fraction of sp³-hybridized carbons (Fsp3) is 0.556. The highest BCUT2D eigenvalue weighted by atomic mass is 35.5. The molecule has 5 rings (SSSR count). The van der Waals surface area contributed by atoms with Gasteiger partial charge in [-0.05, 0) is 75.3 Å². The van der Waals surface area contributed by atoms with E-state index in [-0.39, 0.29) is 35.9 Å². The quantitative estimate of drug-likeness (QED) is 0.536. The topological polar surface area (TPSA) is 96.8 Å². The molecule has 11 heteroatoms. The van der Waals surface area contributed by atoms with Crippen LogP contribution < -0.4 is 5.32 Å². The Morgan fingerprint density at radius 1 is 1.03 bits per heavy atom. The number of nitrogens with zero attached hydrogens (tertiary/aromatic N) is 4. The molecule has 4 heterocycles. The molecule has 38 heavy (non-hydrogen) atoms. The van der Waals surface area contributed by atoms with Gasteiger partial charge in [0.2, 0.25) is 0 Å². The fourth-order valence-corrected chi connectivity index (χ4v) is 6.61. The summed E-state index contributed by atoms with van der Waals surface area (Å²) in [6, 6.07) is 6.86. The Bertz CT molecular complexity index is 1180. The lowest BCUT2D eigenvalue weighted by atomic mass is 9.78. The summed E-state index contributed by atoms with van der Waals surface area (Å²) in [5.41, 5.74) is 2.06. The fourth-order valence-electron chi connectivity index (χ4n) is 6.04. The number of esters is 1. The summed E-state index contributed by atoms with van der Waals surface area (Å²) in [6.07, 6.45) is 4.84. The second-order valence-corrected chi connectivity index (χ2v) is 11.2. The minimum atomic E-state index is -0.195. The summed E-state index contributed by atoms with van der Waals surface area (Å²) in [7, 11) is 0. The number of carbonyl (C=O) groups is 3. The molecule has 2 bridgehead atoms. The third-order valence-corrected chi connectivity index (χ3v) is 8.15. The van der Waals surface area contributed by atoms with Crippen LogP contribution in [-0.4, -0.2) is 62.7 Å². The van der Waals surface area contributed by atoms with E-state index in [0.29, 0.717) is 61.4 Å². The summed E-state index contributed by atoms with van der Waals surface area (Å²) in [6.45, 7) is 4.08. The van der Waals surface area contributed by atoms with Crippen molar-refractivity contribution in [1.82, 2.24) is 24.9 Å². The van der Waals surface area contributed by atoms with E-state index in [4.69, 9.17) is 27.9 Å². The minimum Gasteiger partial charge on any atom is -0.466 e. The Kier molecular flexibility index (Phi) is 8.14. The molecule has 3 aliphatic rings. The number of hydrogen-bond donors (Lipinski definition) is 1. The number of rotatable bonds is 5. The van der Waals surface area contributed by atoms with Crippen molar-refractivity contribution in [2.75, 3.05) is 13.2 Å². The normalized spacial score (nSPS) is 22.9. The molecule has 1 N–H and O–H groups in total. The highest BCUT2D eigenvalue weighted by Crippen LogP contribution is 2.38. The largest absolute Gasteiger partial charge is 0.466 e. The molecule has 0 radical (unpaired) electrons. The molecule has 2 unspecified atom stereocenters. The third kappa shape index (κ3) is 5.78. The first-order valence-electron chi connectivity index (χ1n) is 13.4. The first kappa shape index (κ1) is 26.8. The molecule has 0 aliphatic carbocycles. The zero-order valence-corrected chi connectivity index (χ0v) is 23.0. The smallest absolute Gasteiger partial charge is 0.318 e. The molecule has 3 aliphatic heterocycles. The van der Waals surface area contributed by atoms with Gasteiger partial charge in [0.1, 0.15) is 0 Å². The average Bonchev–Trinajstić information content (AvgIpc) is 3.17. The summed E-state index contributed by atoms with van der Waals surface area (Å²) in [4.78, 5) is 42.7. The van der Waals surface area contributed by atoms with Crippen molar-refractivity contribution in [2.24, 2.45) is 5.92 Å². The van der Waals surface area contributed by atoms with Gasteiger partial charge < -0.3 is 19.9 Å². The van der Waals surface area contributed by atoms with E-state index in [1.165, 1.54) is 0 Å². The van der Waals surface area contributed by atoms with Crippen LogP contribution >= 0.6 is 23.2 Å². The van der Waals surface area contributed by atoms with E-state index in [1.54, 1.807) is 23.1 Å². The number of aryl methyl sites for hydroxylation is 1. The van der Waals surface area contributed by atoms with E-state index < -0.39 is 0 Å². The minimum absolute atomic E-state index is 0.0215. The zero-order valence-electron chi connectivity index (χ0n) is 21.5. The number of carbonyl (C=O) groups excluding carboxylic acids is 3. The van der Waals surface area contributed by atoms with Crippen molar-refractivity contribution in [1.29, 1.82) is 0 Å². The van der Waals surface area contributed by atoms with E-state index >= 15 is 0 Å². The predicted molar refractivity (Wildman–Crippen MR) is 143 cm³/mol. The zero-order chi connectivity index (χ0) is 26.8. The van der Waals surface area contributed by atoms with Crippen LogP contribution in [0.25, 0.3) is 0 Å². The molecule has 2 aromatic rings. The van der Waals surface area contributed by atoms with Crippen LogP contribution in [0.15, 0.2) is 24.3 Å². The lowest BCUT2D eigenvalue weighted by molar-refractivity contribution is -0.151. The highest BCUT2D eigenvalue weighted by molar-refractivity contribution is 6.34. The number of piperidine rings is 2. The molecule has 0 spiro atoms. The maximum atomic E-state index is 13.7. The van der Waals surface area contributed by atoms with Crippen molar-refractivity contribution in [3.63, 3.8) is 0 Å². The second-order valence-electron chi connectivity index (χ2n) is 10.3. The van der Waals surface area contributed by atoms with E-state index in [2.05, 4.69) is 10.4 Å². The number of urea groups is 1. The van der Waals surface area contributed by atoms with Crippen molar-refractivity contribution >= 4 is 41.1 Å². The third-order valence-electron chi connectivity index (χ3n) is 7.72. The Hall–Kier alpha value is -2.78. The summed E-state index contributed by atoms with van der Waals surface area (Å²) >= 11 is 12.1. The van der Waals surface area contributed by atoms with Gasteiger partial charge in [-0.25, -0.2) is 4.79 Å². The van der Waals surface area contributed by atoms with Gasteiger partial charge >= 0.3 is 12.0 Å². The van der Waals surface area contributed by atoms with E-state index in [9.17, 15) is 14.4 Å². The first-order chi connectivity index (χ1) is 18.3. The average molecular weight is 562 g/mol. The Morgan fingerprint density at radius 2 is 1.74 bits per heavy atom. The highest BCUT2D eigenvalue weighted by Gasteiger charge is 2.44. The number of hydrogen-bond acceptors (Lipinski definition) is 5. The molecule has 0 saturated carbocycles. The van der Waals surface area contributed by atoms with Gasteiger partial charge in [-0.15, -0.1) is 0 Å². The van der Waals surface area contributed by atoms with Gasteiger partial charge in [0.15, 0.2) is 5.69 Å². The summed E-state index contributed by atoms with van der Waals surface area (Å²) in [5.74, 6) is -0.388. The Balaban J connectivity index is 1.25. The van der Waals surface area contributed by atoms with Gasteiger partial charge in [-0.3, -0.25) is 14.3 Å². The number of aromatic nitrogens is 2. The summed E-state index contributed by atoms with van der Waals surface area (Å²) < 4.78 is 7.11. The Morgan fingerprint density at radius 3 is 2.42 bits per heavy atom. The molecule has 3 amide bonds. The molecular formula is C27H33Cl2N5O4. The van der Waals surface area contributed by atoms with Gasteiger partial charge in [-0.1, -0.05) is 23.2 Å². The van der Waals surface area contributed by atoms with Gasteiger partial charge in [-0.2, -0.15) is 5.10 Å². The predicted octanol–water partition coefficient (Wildman–Crippen LogP) is 4.64. The van der Waals surface area contributed by atoms with Crippen LogP contribution in [0.2, 0.25) is 10.0 Å². The first-order valence-corrected chi connectivity index (χ1v) is 14.1. The maximum absolute atomic E-state index is 13.7. The number of benzene rings is 1. The molecule has 9 nitrogen and oxygen atoms in total. The monoisotopic (exact) mass is 561 g/mol. The number of nitrogens with one attached hydrogen (secondary N) is 1. The summed E-state index contributed by atoms with van der Waals surface area (Å²) in [5, 5.41) is 8.63. The lowest BCUT2D eigenvalue weighted by Gasteiger charge is -2.48. The SMILES string of the molecule is CCOC(=O)C1CC2CCCC(C1)N2C(=O)c1cc2n(n1)CCCN(C(=O)NCc1cc(Cl)cc(Cl)c1)C2. The standard InChI is InChI=1S/C27H33Cl2N5O4/c1-2-38-26(36)18-11-21-5-3-6-22(12-18)34(21)25(35)24-14-23-16-32(7-4-8-33(23)31-24)27(37)30-15-17-9-19(28)13-20(29)10-17/h9-10,13-14,18,21-22H,2-8,11-12,15-16H2,1H3,(H,30,37). The number of fused-ring (bicyclic) bond motifs is 3. The second kappa shape index (κ2) is 11.5. The molecule has 204 valence electrons. The van der Waals surface area contributed by atoms with Crippen LogP contribution in [0.1, 0.15) is 67.2 Å². The lowest BCUT2D eigenvalue weighted by Crippen LogP contribution is -2.55. The molecule has 2 atom stereocenters. The van der Waals surface area contributed by atoms with E-state index in [1.807, 2.05) is 22.6 Å². The van der Waals surface area contributed by atoms with Crippen molar-refractivity contribution in [3.05, 3.63) is 51.3 Å². The van der Waals surface area contributed by atoms with Gasteiger partial charge in [0.05, 0.1) is 24.8 Å². The van der Waals surface area contributed by atoms with Crippen LogP contribution in [0.5, 0.6) is 0 Å². The molecule has 2 fully saturated rings. The van der Waals surface area contributed by atoms with Crippen molar-refractivity contribution in [2.45, 2.75) is 77.2 Å². The van der Waals surface area contributed by atoms with Crippen LogP contribution in [-0.2, 0) is 29.2 Å². The molecule has 2 saturated heterocycles. The maximum Gasteiger partial charge on any atom is 0.318 e. The van der Waals surface area contributed by atoms with Crippen LogP contribution in [0, 0.1) is 5.92 Å². The van der Waals surface area contributed by atoms with Crippen LogP contribution in [0.3, 0.4) is 0 Å². The number of ether oxygens (including phenoxy) is 1.